The van der Waals surface area contributed by atoms with Crippen LogP contribution in [-0.4, -0.2) is 24.4 Å². The van der Waals surface area contributed by atoms with Gasteiger partial charge >= 0.3 is 0 Å². The van der Waals surface area contributed by atoms with Crippen molar-refractivity contribution >= 4 is 34.8 Å². The van der Waals surface area contributed by atoms with E-state index in [9.17, 15) is 4.79 Å². The summed E-state index contributed by atoms with van der Waals surface area (Å²) < 4.78 is 0. The number of hydrogen-bond donors (Lipinski definition) is 1. The standard InChI is InChI=1S/C17H18Cl2N2O/c1-12-3-8-16(15(19)9-12)20-17(22)11-21(2)10-13-4-6-14(18)7-5-13/h3-9H,10-11H2,1-2H3,(H,20,22). The molecule has 116 valence electrons. The van der Waals surface area contributed by atoms with E-state index >= 15 is 0 Å². The lowest BCUT2D eigenvalue weighted by Crippen LogP contribution is -2.29. The second-order valence-electron chi connectivity index (χ2n) is 5.33. The van der Waals surface area contributed by atoms with Gasteiger partial charge in [-0.25, -0.2) is 0 Å². The Labute approximate surface area is 140 Å². The van der Waals surface area contributed by atoms with Crippen molar-refractivity contribution in [2.45, 2.75) is 13.5 Å². The lowest BCUT2D eigenvalue weighted by molar-refractivity contribution is -0.117. The fourth-order valence-electron chi connectivity index (χ4n) is 2.11. The first-order chi connectivity index (χ1) is 10.4. The molecular weight excluding hydrogens is 319 g/mol. The number of carbonyl (C=O) groups excluding carboxylic acids is 1. The molecule has 2 aromatic rings. The Balaban J connectivity index is 1.89. The van der Waals surface area contributed by atoms with E-state index in [2.05, 4.69) is 5.32 Å². The monoisotopic (exact) mass is 336 g/mol. The van der Waals surface area contributed by atoms with Crippen LogP contribution in [0, 0.1) is 6.92 Å². The van der Waals surface area contributed by atoms with E-state index < -0.39 is 0 Å². The zero-order chi connectivity index (χ0) is 16.1. The molecule has 2 aromatic carbocycles. The third-order valence-electron chi connectivity index (χ3n) is 3.18. The van der Waals surface area contributed by atoms with Gasteiger partial charge < -0.3 is 5.32 Å². The number of anilines is 1. The first-order valence-corrected chi connectivity index (χ1v) is 7.68. The Morgan fingerprint density at radius 1 is 1.14 bits per heavy atom. The Hall–Kier alpha value is -1.55. The SMILES string of the molecule is Cc1ccc(NC(=O)CN(C)Cc2ccc(Cl)cc2)c(Cl)c1. The predicted octanol–water partition coefficient (Wildman–Crippen LogP) is 4.37. The molecule has 2 rings (SSSR count). The van der Waals surface area contributed by atoms with Gasteiger partial charge in [0, 0.05) is 11.6 Å². The number of nitrogens with one attached hydrogen (secondary N) is 1. The van der Waals surface area contributed by atoms with Crippen LogP contribution in [0.25, 0.3) is 0 Å². The van der Waals surface area contributed by atoms with Gasteiger partial charge in [-0.3, -0.25) is 9.69 Å². The zero-order valence-electron chi connectivity index (χ0n) is 12.6. The summed E-state index contributed by atoms with van der Waals surface area (Å²) >= 11 is 12.0. The molecule has 0 atom stereocenters. The lowest BCUT2D eigenvalue weighted by Gasteiger charge is -2.17. The molecule has 0 bridgehead atoms. The first-order valence-electron chi connectivity index (χ1n) is 6.93. The topological polar surface area (TPSA) is 32.3 Å². The maximum absolute atomic E-state index is 12.1. The van der Waals surface area contributed by atoms with Gasteiger partial charge in [-0.05, 0) is 49.4 Å². The van der Waals surface area contributed by atoms with E-state index in [1.807, 2.05) is 61.3 Å². The highest BCUT2D eigenvalue weighted by atomic mass is 35.5. The minimum Gasteiger partial charge on any atom is -0.324 e. The van der Waals surface area contributed by atoms with Crippen LogP contribution in [0.15, 0.2) is 42.5 Å². The number of rotatable bonds is 5. The van der Waals surface area contributed by atoms with Crippen LogP contribution in [0.3, 0.4) is 0 Å². The molecule has 0 radical (unpaired) electrons. The van der Waals surface area contributed by atoms with Crippen LogP contribution in [0.4, 0.5) is 5.69 Å². The van der Waals surface area contributed by atoms with Gasteiger partial charge in [0.25, 0.3) is 0 Å². The first kappa shape index (κ1) is 16.8. The van der Waals surface area contributed by atoms with Crippen molar-refractivity contribution in [2.24, 2.45) is 0 Å². The maximum atomic E-state index is 12.1. The number of nitrogens with zero attached hydrogens (tertiary/aromatic N) is 1. The molecule has 5 heteroatoms. The molecule has 1 N–H and O–H groups in total. The molecule has 0 aliphatic heterocycles. The summed E-state index contributed by atoms with van der Waals surface area (Å²) in [4.78, 5) is 14.0. The van der Waals surface area contributed by atoms with Gasteiger partial charge in [0.05, 0.1) is 17.3 Å². The Bertz CT molecular complexity index is 656. The number of halogens is 2. The fourth-order valence-corrected chi connectivity index (χ4v) is 2.52. The molecule has 0 fully saturated rings. The number of benzene rings is 2. The molecule has 0 aliphatic carbocycles. The van der Waals surface area contributed by atoms with Gasteiger partial charge in [0.1, 0.15) is 0 Å². The number of likely N-dealkylation sites (N-methyl/N-ethyl adjacent to an activating group) is 1. The molecule has 0 unspecified atom stereocenters. The minimum absolute atomic E-state index is 0.0952. The summed E-state index contributed by atoms with van der Waals surface area (Å²) in [6, 6.07) is 13.1. The van der Waals surface area contributed by atoms with Crippen molar-refractivity contribution in [1.29, 1.82) is 0 Å². The second kappa shape index (κ2) is 7.63. The molecule has 0 spiro atoms. The van der Waals surface area contributed by atoms with E-state index in [4.69, 9.17) is 23.2 Å². The largest absolute Gasteiger partial charge is 0.324 e. The molecule has 0 heterocycles. The number of hydrogen-bond acceptors (Lipinski definition) is 2. The summed E-state index contributed by atoms with van der Waals surface area (Å²) in [5.41, 5.74) is 2.80. The predicted molar refractivity (Wildman–Crippen MR) is 92.6 cm³/mol. The summed E-state index contributed by atoms with van der Waals surface area (Å²) in [5.74, 6) is -0.0952. The summed E-state index contributed by atoms with van der Waals surface area (Å²) in [7, 11) is 1.89. The highest BCUT2D eigenvalue weighted by Crippen LogP contribution is 2.22. The van der Waals surface area contributed by atoms with Crippen LogP contribution in [0.2, 0.25) is 10.0 Å². The third kappa shape index (κ3) is 5.02. The lowest BCUT2D eigenvalue weighted by atomic mass is 10.2. The van der Waals surface area contributed by atoms with Crippen LogP contribution in [-0.2, 0) is 11.3 Å². The number of amides is 1. The number of aryl methyl sites for hydroxylation is 1. The molecular formula is C17H18Cl2N2O. The van der Waals surface area contributed by atoms with Crippen LogP contribution >= 0.6 is 23.2 Å². The molecule has 1 amide bonds. The van der Waals surface area contributed by atoms with E-state index in [1.165, 1.54) is 0 Å². The smallest absolute Gasteiger partial charge is 0.238 e. The van der Waals surface area contributed by atoms with Crippen LogP contribution in [0.1, 0.15) is 11.1 Å². The molecule has 0 aromatic heterocycles. The van der Waals surface area contributed by atoms with Gasteiger partial charge in [0.15, 0.2) is 0 Å². The summed E-state index contributed by atoms with van der Waals surface area (Å²) in [6.07, 6.45) is 0. The average Bonchev–Trinajstić information content (AvgIpc) is 2.44. The maximum Gasteiger partial charge on any atom is 0.238 e. The quantitative estimate of drug-likeness (QED) is 0.879. The van der Waals surface area contributed by atoms with Gasteiger partial charge in [-0.15, -0.1) is 0 Å². The summed E-state index contributed by atoms with van der Waals surface area (Å²) in [6.45, 7) is 2.91. The van der Waals surface area contributed by atoms with Crippen LogP contribution in [0.5, 0.6) is 0 Å². The Morgan fingerprint density at radius 2 is 1.82 bits per heavy atom. The molecule has 3 nitrogen and oxygen atoms in total. The van der Waals surface area contributed by atoms with Crippen molar-refractivity contribution < 1.29 is 4.79 Å². The molecule has 0 aliphatic rings. The van der Waals surface area contributed by atoms with E-state index in [1.54, 1.807) is 0 Å². The van der Waals surface area contributed by atoms with Crippen molar-refractivity contribution in [3.63, 3.8) is 0 Å². The number of carbonyl (C=O) groups is 1. The highest BCUT2D eigenvalue weighted by Gasteiger charge is 2.09. The highest BCUT2D eigenvalue weighted by molar-refractivity contribution is 6.33. The van der Waals surface area contributed by atoms with E-state index in [-0.39, 0.29) is 12.5 Å². The zero-order valence-corrected chi connectivity index (χ0v) is 14.1. The summed E-state index contributed by atoms with van der Waals surface area (Å²) in [5, 5.41) is 4.09. The molecule has 0 saturated carbocycles. The molecule has 0 saturated heterocycles. The van der Waals surface area contributed by atoms with Gasteiger partial charge in [-0.1, -0.05) is 41.4 Å². The van der Waals surface area contributed by atoms with Crippen molar-refractivity contribution in [3.05, 3.63) is 63.6 Å². The van der Waals surface area contributed by atoms with E-state index in [0.29, 0.717) is 22.3 Å². The minimum atomic E-state index is -0.0952. The van der Waals surface area contributed by atoms with Gasteiger partial charge in [0.2, 0.25) is 5.91 Å². The van der Waals surface area contributed by atoms with Crippen molar-refractivity contribution in [1.82, 2.24) is 4.90 Å². The van der Waals surface area contributed by atoms with Crippen molar-refractivity contribution in [2.75, 3.05) is 18.9 Å². The second-order valence-corrected chi connectivity index (χ2v) is 6.17. The van der Waals surface area contributed by atoms with E-state index in [0.717, 1.165) is 11.1 Å². The molecule has 22 heavy (non-hydrogen) atoms. The fraction of sp³-hybridized carbons (Fsp3) is 0.235. The van der Waals surface area contributed by atoms with Crippen molar-refractivity contribution in [3.8, 4) is 0 Å². The normalized spacial score (nSPS) is 10.8. The third-order valence-corrected chi connectivity index (χ3v) is 3.74. The Kier molecular flexibility index (Phi) is 5.83. The van der Waals surface area contributed by atoms with Gasteiger partial charge in [-0.2, -0.15) is 0 Å². The Morgan fingerprint density at radius 3 is 2.45 bits per heavy atom. The van der Waals surface area contributed by atoms with Crippen LogP contribution < -0.4 is 5.32 Å². The average molecular weight is 337 g/mol.